The van der Waals surface area contributed by atoms with E-state index in [4.69, 9.17) is 5.26 Å². The van der Waals surface area contributed by atoms with Crippen molar-refractivity contribution in [3.05, 3.63) is 54.2 Å². The van der Waals surface area contributed by atoms with Crippen LogP contribution in [0, 0.1) is 16.7 Å². The zero-order valence-electron chi connectivity index (χ0n) is 16.1. The van der Waals surface area contributed by atoms with E-state index in [1.807, 2.05) is 24.3 Å². The van der Waals surface area contributed by atoms with E-state index in [2.05, 4.69) is 15.2 Å². The van der Waals surface area contributed by atoms with Gasteiger partial charge in [0.05, 0.1) is 11.6 Å². The Labute approximate surface area is 164 Å². The van der Waals surface area contributed by atoms with Crippen molar-refractivity contribution in [2.45, 2.75) is 13.8 Å². The average Bonchev–Trinajstić information content (AvgIpc) is 2.74. The molecule has 2 amide bonds. The standard InChI is InChI=1S/C21H23N5O2/c1-21(2,19(27)24-17-8-6-16(15-22)7-9-17)20(28)26-13-11-25(12-14-26)18-5-3-4-10-23-18/h3-10H,11-14H2,1-2H3,(H,24,27). The van der Waals surface area contributed by atoms with Crippen molar-refractivity contribution < 1.29 is 9.59 Å². The molecule has 1 aromatic heterocycles. The van der Waals surface area contributed by atoms with Crippen LogP contribution >= 0.6 is 0 Å². The van der Waals surface area contributed by atoms with Gasteiger partial charge in [-0.2, -0.15) is 5.26 Å². The summed E-state index contributed by atoms with van der Waals surface area (Å²) >= 11 is 0. The Balaban J connectivity index is 1.60. The summed E-state index contributed by atoms with van der Waals surface area (Å²) in [6.07, 6.45) is 1.75. The van der Waals surface area contributed by atoms with Crippen LogP contribution in [0.15, 0.2) is 48.7 Å². The molecule has 0 atom stereocenters. The second kappa shape index (κ2) is 8.09. The molecule has 1 aromatic carbocycles. The van der Waals surface area contributed by atoms with Crippen LogP contribution in [-0.2, 0) is 9.59 Å². The highest BCUT2D eigenvalue weighted by Gasteiger charge is 2.40. The molecular weight excluding hydrogens is 354 g/mol. The third-order valence-electron chi connectivity index (χ3n) is 4.91. The maximum Gasteiger partial charge on any atom is 0.239 e. The summed E-state index contributed by atoms with van der Waals surface area (Å²) in [5.74, 6) is 0.334. The normalized spacial score (nSPS) is 14.3. The topological polar surface area (TPSA) is 89.3 Å². The first-order chi connectivity index (χ1) is 13.4. The van der Waals surface area contributed by atoms with Crippen molar-refractivity contribution in [3.63, 3.8) is 0 Å². The zero-order chi connectivity index (χ0) is 20.1. The van der Waals surface area contributed by atoms with Gasteiger partial charge in [0.2, 0.25) is 11.8 Å². The number of amides is 2. The first-order valence-electron chi connectivity index (χ1n) is 9.19. The number of anilines is 2. The fourth-order valence-electron chi connectivity index (χ4n) is 3.09. The Morgan fingerprint density at radius 1 is 1.07 bits per heavy atom. The number of nitrogens with zero attached hydrogens (tertiary/aromatic N) is 4. The minimum absolute atomic E-state index is 0.195. The predicted molar refractivity (Wildman–Crippen MR) is 107 cm³/mol. The number of carbonyl (C=O) groups is 2. The highest BCUT2D eigenvalue weighted by atomic mass is 16.2. The molecule has 1 aliphatic rings. The fraction of sp³-hybridized carbons (Fsp3) is 0.333. The molecule has 144 valence electrons. The van der Waals surface area contributed by atoms with Gasteiger partial charge in [-0.05, 0) is 50.2 Å². The van der Waals surface area contributed by atoms with Crippen molar-refractivity contribution in [2.24, 2.45) is 5.41 Å². The number of rotatable bonds is 4. The molecule has 1 fully saturated rings. The van der Waals surface area contributed by atoms with Crippen molar-refractivity contribution >= 4 is 23.3 Å². The Morgan fingerprint density at radius 3 is 2.32 bits per heavy atom. The number of aromatic nitrogens is 1. The van der Waals surface area contributed by atoms with E-state index in [1.165, 1.54) is 0 Å². The van der Waals surface area contributed by atoms with Crippen LogP contribution in [0.25, 0.3) is 0 Å². The highest BCUT2D eigenvalue weighted by molar-refractivity contribution is 6.09. The lowest BCUT2D eigenvalue weighted by Crippen LogP contribution is -2.54. The van der Waals surface area contributed by atoms with Gasteiger partial charge in [0.25, 0.3) is 0 Å². The number of piperazine rings is 1. The molecule has 0 aliphatic carbocycles. The van der Waals surface area contributed by atoms with E-state index in [-0.39, 0.29) is 11.8 Å². The molecule has 0 bridgehead atoms. The van der Waals surface area contributed by atoms with E-state index in [0.29, 0.717) is 37.4 Å². The molecule has 7 nitrogen and oxygen atoms in total. The quantitative estimate of drug-likeness (QED) is 0.826. The lowest BCUT2D eigenvalue weighted by atomic mass is 9.89. The van der Waals surface area contributed by atoms with Gasteiger partial charge in [-0.3, -0.25) is 9.59 Å². The summed E-state index contributed by atoms with van der Waals surface area (Å²) in [5, 5.41) is 11.6. The Bertz CT molecular complexity index is 879. The molecule has 0 saturated carbocycles. The third-order valence-corrected chi connectivity index (χ3v) is 4.91. The number of hydrogen-bond donors (Lipinski definition) is 1. The number of benzene rings is 1. The number of pyridine rings is 1. The summed E-state index contributed by atoms with van der Waals surface area (Å²) in [4.78, 5) is 33.9. The van der Waals surface area contributed by atoms with Gasteiger partial charge in [-0.25, -0.2) is 4.98 Å². The van der Waals surface area contributed by atoms with Crippen LogP contribution in [-0.4, -0.2) is 47.9 Å². The first kappa shape index (κ1) is 19.4. The molecule has 0 unspecified atom stereocenters. The molecule has 28 heavy (non-hydrogen) atoms. The first-order valence-corrected chi connectivity index (χ1v) is 9.19. The number of nitrogens with one attached hydrogen (secondary N) is 1. The Morgan fingerprint density at radius 2 is 1.75 bits per heavy atom. The molecule has 7 heteroatoms. The van der Waals surface area contributed by atoms with Gasteiger partial charge >= 0.3 is 0 Å². The predicted octanol–water partition coefficient (Wildman–Crippen LogP) is 2.27. The fourth-order valence-corrected chi connectivity index (χ4v) is 3.09. The minimum atomic E-state index is -1.19. The molecule has 2 heterocycles. The van der Waals surface area contributed by atoms with Gasteiger partial charge < -0.3 is 15.1 Å². The Kier molecular flexibility index (Phi) is 5.59. The van der Waals surface area contributed by atoms with E-state index in [0.717, 1.165) is 5.82 Å². The van der Waals surface area contributed by atoms with Crippen molar-refractivity contribution in [2.75, 3.05) is 36.4 Å². The van der Waals surface area contributed by atoms with Gasteiger partial charge in [-0.1, -0.05) is 6.07 Å². The van der Waals surface area contributed by atoms with Crippen LogP contribution in [0.2, 0.25) is 0 Å². The van der Waals surface area contributed by atoms with E-state index in [1.54, 1.807) is 49.2 Å². The van der Waals surface area contributed by atoms with Gasteiger partial charge in [-0.15, -0.1) is 0 Å². The molecule has 3 rings (SSSR count). The maximum atomic E-state index is 13.0. The summed E-state index contributed by atoms with van der Waals surface area (Å²) in [7, 11) is 0. The molecule has 1 saturated heterocycles. The largest absolute Gasteiger partial charge is 0.353 e. The lowest BCUT2D eigenvalue weighted by Gasteiger charge is -2.38. The van der Waals surface area contributed by atoms with Crippen molar-refractivity contribution in [3.8, 4) is 6.07 Å². The van der Waals surface area contributed by atoms with Crippen LogP contribution in [0.4, 0.5) is 11.5 Å². The van der Waals surface area contributed by atoms with Gasteiger partial charge in [0.15, 0.2) is 0 Å². The van der Waals surface area contributed by atoms with Crippen LogP contribution in [0.5, 0.6) is 0 Å². The summed E-state index contributed by atoms with van der Waals surface area (Å²) in [6, 6.07) is 14.4. The summed E-state index contributed by atoms with van der Waals surface area (Å²) < 4.78 is 0. The van der Waals surface area contributed by atoms with Crippen LogP contribution in [0.3, 0.4) is 0 Å². The molecule has 0 radical (unpaired) electrons. The SMILES string of the molecule is CC(C)(C(=O)Nc1ccc(C#N)cc1)C(=O)N1CCN(c2ccccn2)CC1. The lowest BCUT2D eigenvalue weighted by molar-refractivity contribution is -0.146. The maximum absolute atomic E-state index is 13.0. The zero-order valence-corrected chi connectivity index (χ0v) is 16.1. The second-order valence-electron chi connectivity index (χ2n) is 7.24. The van der Waals surface area contributed by atoms with Crippen LogP contribution in [0.1, 0.15) is 19.4 Å². The molecule has 2 aromatic rings. The van der Waals surface area contributed by atoms with Gasteiger partial charge in [0.1, 0.15) is 11.2 Å². The monoisotopic (exact) mass is 377 g/mol. The number of hydrogen-bond acceptors (Lipinski definition) is 5. The third kappa shape index (κ3) is 4.12. The number of nitriles is 1. The smallest absolute Gasteiger partial charge is 0.239 e. The van der Waals surface area contributed by atoms with E-state index < -0.39 is 5.41 Å². The second-order valence-corrected chi connectivity index (χ2v) is 7.24. The summed E-state index contributed by atoms with van der Waals surface area (Å²) in [6.45, 7) is 5.72. The molecule has 0 spiro atoms. The molecular formula is C21H23N5O2. The number of carbonyl (C=O) groups excluding carboxylic acids is 2. The van der Waals surface area contributed by atoms with Gasteiger partial charge in [0, 0.05) is 38.1 Å². The minimum Gasteiger partial charge on any atom is -0.353 e. The summed E-state index contributed by atoms with van der Waals surface area (Å²) in [5.41, 5.74) is -0.120. The van der Waals surface area contributed by atoms with E-state index in [9.17, 15) is 9.59 Å². The van der Waals surface area contributed by atoms with Crippen molar-refractivity contribution in [1.29, 1.82) is 5.26 Å². The van der Waals surface area contributed by atoms with Crippen LogP contribution < -0.4 is 10.2 Å². The average molecular weight is 377 g/mol. The van der Waals surface area contributed by atoms with Crippen molar-refractivity contribution in [1.82, 2.24) is 9.88 Å². The Hall–Kier alpha value is -3.40. The van der Waals surface area contributed by atoms with E-state index >= 15 is 0 Å². The highest BCUT2D eigenvalue weighted by Crippen LogP contribution is 2.24. The molecule has 1 aliphatic heterocycles. The molecule has 1 N–H and O–H groups in total.